The van der Waals surface area contributed by atoms with Crippen LogP contribution in [0.2, 0.25) is 0 Å². The van der Waals surface area contributed by atoms with Gasteiger partial charge < -0.3 is 19.7 Å². The van der Waals surface area contributed by atoms with Gasteiger partial charge in [-0.2, -0.15) is 9.97 Å². The SMILES string of the molecule is Cc1ccc2nc(OCCO)nc(OCCO)c2c1. The zero-order valence-corrected chi connectivity index (χ0v) is 10.7. The molecule has 0 aliphatic carbocycles. The molecule has 2 rings (SSSR count). The van der Waals surface area contributed by atoms with Crippen LogP contribution in [0.5, 0.6) is 11.9 Å². The Morgan fingerprint density at radius 3 is 2.53 bits per heavy atom. The number of fused-ring (bicyclic) bond motifs is 1. The third kappa shape index (κ3) is 3.30. The summed E-state index contributed by atoms with van der Waals surface area (Å²) in [4.78, 5) is 8.37. The highest BCUT2D eigenvalue weighted by Gasteiger charge is 2.10. The standard InChI is InChI=1S/C13H16N2O4/c1-9-2-3-11-10(8-9)12(18-6-4-16)15-13(14-11)19-7-5-17/h2-3,8,16-17H,4-7H2,1H3. The van der Waals surface area contributed by atoms with E-state index in [0.29, 0.717) is 11.4 Å². The number of hydrogen-bond donors (Lipinski definition) is 2. The molecular weight excluding hydrogens is 248 g/mol. The summed E-state index contributed by atoms with van der Waals surface area (Å²) in [5.41, 5.74) is 1.76. The Morgan fingerprint density at radius 1 is 1.05 bits per heavy atom. The number of aliphatic hydroxyl groups is 2. The minimum absolute atomic E-state index is 0.0931. The summed E-state index contributed by atoms with van der Waals surface area (Å²) in [7, 11) is 0. The predicted octanol–water partition coefficient (Wildman–Crippen LogP) is 0.680. The second-order valence-corrected chi connectivity index (χ2v) is 3.98. The van der Waals surface area contributed by atoms with Crippen molar-refractivity contribution in [2.45, 2.75) is 6.92 Å². The van der Waals surface area contributed by atoms with Gasteiger partial charge in [-0.3, -0.25) is 0 Å². The van der Waals surface area contributed by atoms with Crippen LogP contribution in [0.1, 0.15) is 5.56 Å². The van der Waals surface area contributed by atoms with Crippen molar-refractivity contribution >= 4 is 10.9 Å². The minimum Gasteiger partial charge on any atom is -0.475 e. The number of ether oxygens (including phenoxy) is 2. The molecule has 0 atom stereocenters. The number of hydrogen-bond acceptors (Lipinski definition) is 6. The molecule has 1 aromatic carbocycles. The molecule has 0 fully saturated rings. The Kier molecular flexibility index (Phi) is 4.48. The minimum atomic E-state index is -0.109. The molecule has 6 heteroatoms. The fourth-order valence-electron chi connectivity index (χ4n) is 1.65. The third-order valence-corrected chi connectivity index (χ3v) is 2.45. The summed E-state index contributed by atoms with van der Waals surface area (Å²) in [6.45, 7) is 2.04. The second-order valence-electron chi connectivity index (χ2n) is 3.98. The van der Waals surface area contributed by atoms with Gasteiger partial charge in [-0.15, -0.1) is 0 Å². The van der Waals surface area contributed by atoms with Crippen LogP contribution in [0.3, 0.4) is 0 Å². The lowest BCUT2D eigenvalue weighted by molar-refractivity contribution is 0.182. The van der Waals surface area contributed by atoms with Crippen LogP contribution in [0.15, 0.2) is 18.2 Å². The van der Waals surface area contributed by atoms with E-state index in [1.165, 1.54) is 0 Å². The first-order valence-corrected chi connectivity index (χ1v) is 6.00. The van der Waals surface area contributed by atoms with Crippen molar-refractivity contribution in [2.24, 2.45) is 0 Å². The van der Waals surface area contributed by atoms with Crippen molar-refractivity contribution < 1.29 is 19.7 Å². The Balaban J connectivity index is 2.42. The smallest absolute Gasteiger partial charge is 0.320 e. The second kappa shape index (κ2) is 6.31. The number of nitrogens with zero attached hydrogens (tertiary/aromatic N) is 2. The normalized spacial score (nSPS) is 10.7. The van der Waals surface area contributed by atoms with Crippen LogP contribution in [0, 0.1) is 6.92 Å². The van der Waals surface area contributed by atoms with Crippen molar-refractivity contribution in [1.82, 2.24) is 9.97 Å². The van der Waals surface area contributed by atoms with E-state index in [2.05, 4.69) is 9.97 Å². The molecule has 0 bridgehead atoms. The van der Waals surface area contributed by atoms with E-state index in [4.69, 9.17) is 19.7 Å². The Morgan fingerprint density at radius 2 is 1.79 bits per heavy atom. The Hall–Kier alpha value is -1.92. The molecule has 6 nitrogen and oxygen atoms in total. The maximum absolute atomic E-state index is 8.83. The van der Waals surface area contributed by atoms with E-state index in [-0.39, 0.29) is 32.4 Å². The van der Waals surface area contributed by atoms with Gasteiger partial charge in [-0.1, -0.05) is 11.6 Å². The molecule has 1 heterocycles. The van der Waals surface area contributed by atoms with Crippen LogP contribution in [-0.2, 0) is 0 Å². The summed E-state index contributed by atoms with van der Waals surface area (Å²) in [6.07, 6.45) is 0. The zero-order valence-electron chi connectivity index (χ0n) is 10.7. The molecule has 2 N–H and O–H groups in total. The maximum Gasteiger partial charge on any atom is 0.320 e. The molecule has 0 amide bonds. The van der Waals surface area contributed by atoms with Crippen molar-refractivity contribution in [1.29, 1.82) is 0 Å². The van der Waals surface area contributed by atoms with Crippen LogP contribution >= 0.6 is 0 Å². The fraction of sp³-hybridized carbons (Fsp3) is 0.385. The molecule has 0 aliphatic rings. The summed E-state index contributed by atoms with van der Waals surface area (Å²) >= 11 is 0. The monoisotopic (exact) mass is 264 g/mol. The van der Waals surface area contributed by atoms with Gasteiger partial charge in [-0.05, 0) is 19.1 Å². The lowest BCUT2D eigenvalue weighted by atomic mass is 10.2. The predicted molar refractivity (Wildman–Crippen MR) is 69.4 cm³/mol. The average Bonchev–Trinajstić information content (AvgIpc) is 2.42. The molecule has 0 aliphatic heterocycles. The van der Waals surface area contributed by atoms with Gasteiger partial charge >= 0.3 is 6.01 Å². The van der Waals surface area contributed by atoms with Crippen LogP contribution in [0.4, 0.5) is 0 Å². The molecule has 102 valence electrons. The lowest BCUT2D eigenvalue weighted by Crippen LogP contribution is -2.08. The van der Waals surface area contributed by atoms with Crippen molar-refractivity contribution in [3.63, 3.8) is 0 Å². The largest absolute Gasteiger partial charge is 0.475 e. The first-order valence-electron chi connectivity index (χ1n) is 6.00. The highest BCUT2D eigenvalue weighted by atomic mass is 16.5. The third-order valence-electron chi connectivity index (χ3n) is 2.45. The van der Waals surface area contributed by atoms with Gasteiger partial charge in [0.15, 0.2) is 0 Å². The number of rotatable bonds is 6. The lowest BCUT2D eigenvalue weighted by Gasteiger charge is -2.10. The first kappa shape index (κ1) is 13.5. The molecular formula is C13H16N2O4. The van der Waals surface area contributed by atoms with Crippen LogP contribution in [-0.4, -0.2) is 46.6 Å². The molecule has 2 aromatic rings. The summed E-state index contributed by atoms with van der Waals surface area (Å²) in [5, 5.41) is 18.3. The highest BCUT2D eigenvalue weighted by Crippen LogP contribution is 2.25. The molecule has 19 heavy (non-hydrogen) atoms. The summed E-state index contributed by atoms with van der Waals surface area (Å²) < 4.78 is 10.6. The van der Waals surface area contributed by atoms with Gasteiger partial charge in [-0.25, -0.2) is 0 Å². The van der Waals surface area contributed by atoms with E-state index in [1.54, 1.807) is 0 Å². The number of aromatic nitrogens is 2. The molecule has 0 saturated heterocycles. The summed E-state index contributed by atoms with van der Waals surface area (Å²) in [6, 6.07) is 5.85. The van der Waals surface area contributed by atoms with Gasteiger partial charge in [0.1, 0.15) is 13.2 Å². The Bertz CT molecular complexity index is 560. The van der Waals surface area contributed by atoms with Gasteiger partial charge in [0.25, 0.3) is 0 Å². The summed E-state index contributed by atoms with van der Waals surface area (Å²) in [5.74, 6) is 0.371. The van der Waals surface area contributed by atoms with Gasteiger partial charge in [0, 0.05) is 0 Å². The zero-order chi connectivity index (χ0) is 13.7. The molecule has 0 unspecified atom stereocenters. The van der Waals surface area contributed by atoms with Crippen LogP contribution in [0.25, 0.3) is 10.9 Å². The molecule has 1 aromatic heterocycles. The van der Waals surface area contributed by atoms with Gasteiger partial charge in [0.05, 0.1) is 24.1 Å². The fourth-order valence-corrected chi connectivity index (χ4v) is 1.65. The number of benzene rings is 1. The Labute approximate surface area is 110 Å². The first-order chi connectivity index (χ1) is 9.24. The van der Waals surface area contributed by atoms with Crippen molar-refractivity contribution in [3.8, 4) is 11.9 Å². The number of aliphatic hydroxyl groups excluding tert-OH is 2. The van der Waals surface area contributed by atoms with Crippen LogP contribution < -0.4 is 9.47 Å². The maximum atomic E-state index is 8.83. The van der Waals surface area contributed by atoms with E-state index >= 15 is 0 Å². The quantitative estimate of drug-likeness (QED) is 0.798. The molecule has 0 saturated carbocycles. The van der Waals surface area contributed by atoms with E-state index in [0.717, 1.165) is 10.9 Å². The van der Waals surface area contributed by atoms with Crippen molar-refractivity contribution in [3.05, 3.63) is 23.8 Å². The van der Waals surface area contributed by atoms with Gasteiger partial charge in [0.2, 0.25) is 5.88 Å². The van der Waals surface area contributed by atoms with E-state index in [9.17, 15) is 0 Å². The topological polar surface area (TPSA) is 84.7 Å². The van der Waals surface area contributed by atoms with E-state index < -0.39 is 0 Å². The average molecular weight is 264 g/mol. The molecule has 0 spiro atoms. The van der Waals surface area contributed by atoms with Crippen molar-refractivity contribution in [2.75, 3.05) is 26.4 Å². The highest BCUT2D eigenvalue weighted by molar-refractivity contribution is 5.84. The number of aryl methyl sites for hydroxylation is 1. The van der Waals surface area contributed by atoms with E-state index in [1.807, 2.05) is 25.1 Å². The molecule has 0 radical (unpaired) electrons.